The van der Waals surface area contributed by atoms with E-state index in [1.165, 1.54) is 64.2 Å². The molecule has 0 aromatic heterocycles. The second-order valence-electron chi connectivity index (χ2n) is 5.62. The first-order valence-corrected chi connectivity index (χ1v) is 8.01. The van der Waals surface area contributed by atoms with Crippen molar-refractivity contribution < 1.29 is 9.53 Å². The van der Waals surface area contributed by atoms with Crippen molar-refractivity contribution in [1.29, 1.82) is 0 Å². The van der Waals surface area contributed by atoms with Crippen LogP contribution in [0.1, 0.15) is 84.0 Å². The molecule has 0 radical (unpaired) electrons. The SMILES string of the molecule is CCCCCCCCCCCC[C@@H]1CCOC1=O. The van der Waals surface area contributed by atoms with Crippen LogP contribution in [0.2, 0.25) is 0 Å². The molecule has 18 heavy (non-hydrogen) atoms. The van der Waals surface area contributed by atoms with Crippen molar-refractivity contribution in [3.05, 3.63) is 0 Å². The topological polar surface area (TPSA) is 26.3 Å². The van der Waals surface area contributed by atoms with E-state index in [1.54, 1.807) is 0 Å². The minimum Gasteiger partial charge on any atom is -0.465 e. The Morgan fingerprint density at radius 3 is 2.00 bits per heavy atom. The number of unbranched alkanes of at least 4 members (excludes halogenated alkanes) is 9. The minimum absolute atomic E-state index is 0.0472. The van der Waals surface area contributed by atoms with Gasteiger partial charge in [-0.05, 0) is 12.8 Å². The predicted octanol–water partition coefficient (Wildman–Crippen LogP) is 4.86. The maximum Gasteiger partial charge on any atom is 0.309 e. The first-order valence-electron chi connectivity index (χ1n) is 8.01. The lowest BCUT2D eigenvalue weighted by Crippen LogP contribution is -2.06. The number of carbonyl (C=O) groups excluding carboxylic acids is 1. The largest absolute Gasteiger partial charge is 0.465 e. The molecule has 0 aliphatic carbocycles. The Bertz CT molecular complexity index is 213. The number of rotatable bonds is 11. The Labute approximate surface area is 112 Å². The molecule has 106 valence electrons. The molecular formula is C16H30O2. The molecule has 0 saturated carbocycles. The molecule has 1 heterocycles. The molecule has 1 aliphatic rings. The van der Waals surface area contributed by atoms with Gasteiger partial charge in [-0.15, -0.1) is 0 Å². The van der Waals surface area contributed by atoms with Crippen LogP contribution in [0.5, 0.6) is 0 Å². The van der Waals surface area contributed by atoms with Crippen molar-refractivity contribution in [3.8, 4) is 0 Å². The summed E-state index contributed by atoms with van der Waals surface area (Å²) >= 11 is 0. The maximum absolute atomic E-state index is 11.2. The fourth-order valence-electron chi connectivity index (χ4n) is 2.68. The van der Waals surface area contributed by atoms with Gasteiger partial charge >= 0.3 is 5.97 Å². The molecule has 0 amide bonds. The molecule has 1 rings (SSSR count). The van der Waals surface area contributed by atoms with Gasteiger partial charge in [0.05, 0.1) is 12.5 Å². The van der Waals surface area contributed by atoms with Gasteiger partial charge in [0.2, 0.25) is 0 Å². The zero-order valence-corrected chi connectivity index (χ0v) is 12.1. The van der Waals surface area contributed by atoms with Gasteiger partial charge in [-0.3, -0.25) is 4.79 Å². The van der Waals surface area contributed by atoms with E-state index in [0.717, 1.165) is 12.8 Å². The van der Waals surface area contributed by atoms with Crippen molar-refractivity contribution in [2.24, 2.45) is 5.92 Å². The van der Waals surface area contributed by atoms with E-state index in [1.807, 2.05) is 0 Å². The molecule has 1 fully saturated rings. The molecule has 1 aliphatic heterocycles. The van der Waals surface area contributed by atoms with Gasteiger partial charge in [0.15, 0.2) is 0 Å². The summed E-state index contributed by atoms with van der Waals surface area (Å²) in [7, 11) is 0. The monoisotopic (exact) mass is 254 g/mol. The molecule has 2 nitrogen and oxygen atoms in total. The van der Waals surface area contributed by atoms with Crippen LogP contribution in [0.25, 0.3) is 0 Å². The highest BCUT2D eigenvalue weighted by molar-refractivity contribution is 5.73. The molecule has 1 atom stereocenters. The molecular weight excluding hydrogens is 224 g/mol. The number of cyclic esters (lactones) is 1. The van der Waals surface area contributed by atoms with Crippen molar-refractivity contribution in [2.45, 2.75) is 84.0 Å². The summed E-state index contributed by atoms with van der Waals surface area (Å²) < 4.78 is 4.97. The fourth-order valence-corrected chi connectivity index (χ4v) is 2.68. The number of hydrogen-bond acceptors (Lipinski definition) is 2. The van der Waals surface area contributed by atoms with E-state index in [9.17, 15) is 4.79 Å². The van der Waals surface area contributed by atoms with E-state index >= 15 is 0 Å². The fraction of sp³-hybridized carbons (Fsp3) is 0.938. The van der Waals surface area contributed by atoms with Crippen LogP contribution in [0, 0.1) is 5.92 Å². The lowest BCUT2D eigenvalue weighted by Gasteiger charge is -2.05. The number of esters is 1. The third kappa shape index (κ3) is 7.03. The maximum atomic E-state index is 11.2. The van der Waals surface area contributed by atoms with E-state index in [-0.39, 0.29) is 11.9 Å². The molecule has 0 aromatic rings. The van der Waals surface area contributed by atoms with Crippen LogP contribution in [0.4, 0.5) is 0 Å². The van der Waals surface area contributed by atoms with Gasteiger partial charge in [-0.1, -0.05) is 71.1 Å². The van der Waals surface area contributed by atoms with E-state index in [4.69, 9.17) is 4.74 Å². The van der Waals surface area contributed by atoms with Crippen molar-refractivity contribution in [2.75, 3.05) is 6.61 Å². The van der Waals surface area contributed by atoms with E-state index in [2.05, 4.69) is 6.92 Å². The number of hydrogen-bond donors (Lipinski definition) is 0. The smallest absolute Gasteiger partial charge is 0.309 e. The van der Waals surface area contributed by atoms with Crippen LogP contribution in [-0.2, 0) is 9.53 Å². The van der Waals surface area contributed by atoms with Gasteiger partial charge in [0, 0.05) is 0 Å². The Hall–Kier alpha value is -0.530. The van der Waals surface area contributed by atoms with E-state index in [0.29, 0.717) is 6.61 Å². The molecule has 0 N–H and O–H groups in total. The van der Waals surface area contributed by atoms with Crippen LogP contribution in [0.15, 0.2) is 0 Å². The number of carbonyl (C=O) groups is 1. The Kier molecular flexibility index (Phi) is 8.97. The van der Waals surface area contributed by atoms with Gasteiger partial charge in [0.1, 0.15) is 0 Å². The minimum atomic E-state index is 0.0472. The molecule has 0 unspecified atom stereocenters. The highest BCUT2D eigenvalue weighted by Crippen LogP contribution is 2.21. The molecule has 0 spiro atoms. The zero-order chi connectivity index (χ0) is 13.1. The Morgan fingerprint density at radius 1 is 0.944 bits per heavy atom. The average Bonchev–Trinajstić information content (AvgIpc) is 2.77. The molecule has 2 heteroatoms. The van der Waals surface area contributed by atoms with Gasteiger partial charge in [-0.25, -0.2) is 0 Å². The highest BCUT2D eigenvalue weighted by atomic mass is 16.5. The molecule has 0 bridgehead atoms. The lowest BCUT2D eigenvalue weighted by atomic mass is 9.99. The summed E-state index contributed by atoms with van der Waals surface area (Å²) in [5, 5.41) is 0. The Morgan fingerprint density at radius 2 is 1.50 bits per heavy atom. The van der Waals surface area contributed by atoms with Gasteiger partial charge in [0.25, 0.3) is 0 Å². The summed E-state index contributed by atoms with van der Waals surface area (Å²) in [6.45, 7) is 2.92. The standard InChI is InChI=1S/C16H30O2/c1-2-3-4-5-6-7-8-9-10-11-12-15-13-14-18-16(15)17/h15H,2-14H2,1H3/t15-/m1/s1. The quantitative estimate of drug-likeness (QED) is 0.389. The zero-order valence-electron chi connectivity index (χ0n) is 12.1. The number of ether oxygens (including phenoxy) is 1. The van der Waals surface area contributed by atoms with Crippen LogP contribution in [-0.4, -0.2) is 12.6 Å². The average molecular weight is 254 g/mol. The van der Waals surface area contributed by atoms with Crippen LogP contribution in [0.3, 0.4) is 0 Å². The van der Waals surface area contributed by atoms with Crippen molar-refractivity contribution in [3.63, 3.8) is 0 Å². The molecule has 0 aromatic carbocycles. The predicted molar refractivity (Wildman–Crippen MR) is 75.5 cm³/mol. The summed E-state index contributed by atoms with van der Waals surface area (Å²) in [6, 6.07) is 0. The third-order valence-electron chi connectivity index (χ3n) is 3.95. The first kappa shape index (κ1) is 15.5. The van der Waals surface area contributed by atoms with Crippen molar-refractivity contribution in [1.82, 2.24) is 0 Å². The van der Waals surface area contributed by atoms with Crippen molar-refractivity contribution >= 4 is 5.97 Å². The second-order valence-corrected chi connectivity index (χ2v) is 5.62. The molecule has 1 saturated heterocycles. The summed E-state index contributed by atoms with van der Waals surface area (Å²) in [6.07, 6.45) is 15.6. The second kappa shape index (κ2) is 10.4. The summed E-state index contributed by atoms with van der Waals surface area (Å²) in [5.41, 5.74) is 0. The normalized spacial score (nSPS) is 19.2. The van der Waals surface area contributed by atoms with Crippen LogP contribution >= 0.6 is 0 Å². The lowest BCUT2D eigenvalue weighted by molar-refractivity contribution is -0.141. The summed E-state index contributed by atoms with van der Waals surface area (Å²) in [5.74, 6) is 0.268. The van der Waals surface area contributed by atoms with E-state index < -0.39 is 0 Å². The van der Waals surface area contributed by atoms with Gasteiger partial charge in [-0.2, -0.15) is 0 Å². The Balaban J connectivity index is 1.77. The van der Waals surface area contributed by atoms with Gasteiger partial charge < -0.3 is 4.74 Å². The third-order valence-corrected chi connectivity index (χ3v) is 3.95. The first-order chi connectivity index (χ1) is 8.84. The van der Waals surface area contributed by atoms with Crippen LogP contribution < -0.4 is 0 Å². The highest BCUT2D eigenvalue weighted by Gasteiger charge is 2.25. The summed E-state index contributed by atoms with van der Waals surface area (Å²) in [4.78, 5) is 11.2.